The van der Waals surface area contributed by atoms with Gasteiger partial charge >= 0.3 is 5.69 Å². The Kier molecular flexibility index (Phi) is 4.87. The molecule has 3 aromatic rings. The third-order valence-corrected chi connectivity index (χ3v) is 3.45. The zero-order chi connectivity index (χ0) is 17.6. The largest absolute Gasteiger partial charge is 0.491 e. The fraction of sp³-hybridized carbons (Fsp3) is 0.176. The van der Waals surface area contributed by atoms with E-state index in [0.29, 0.717) is 17.0 Å². The lowest BCUT2D eigenvalue weighted by atomic mass is 10.2. The Balaban J connectivity index is 1.61. The molecule has 0 saturated carbocycles. The summed E-state index contributed by atoms with van der Waals surface area (Å²) >= 11 is 0. The summed E-state index contributed by atoms with van der Waals surface area (Å²) in [6.45, 7) is -0.0571. The van der Waals surface area contributed by atoms with Crippen LogP contribution in [0.25, 0.3) is 5.69 Å². The van der Waals surface area contributed by atoms with Gasteiger partial charge in [0.25, 0.3) is 0 Å². The first-order valence-corrected chi connectivity index (χ1v) is 7.56. The molecule has 2 aromatic carbocycles. The molecule has 0 spiro atoms. The molecule has 1 N–H and O–H groups in total. The third-order valence-electron chi connectivity index (χ3n) is 3.45. The number of tetrazole rings is 1. The summed E-state index contributed by atoms with van der Waals surface area (Å²) in [4.78, 5) is 12.3. The van der Waals surface area contributed by atoms with E-state index in [0.717, 1.165) is 9.36 Å². The summed E-state index contributed by atoms with van der Waals surface area (Å²) in [7, 11) is 0. The predicted molar refractivity (Wildman–Crippen MR) is 88.3 cm³/mol. The maximum Gasteiger partial charge on any atom is 0.368 e. The molecule has 0 amide bonds. The second-order valence-electron chi connectivity index (χ2n) is 5.29. The summed E-state index contributed by atoms with van der Waals surface area (Å²) in [5, 5.41) is 26.4. The second kappa shape index (κ2) is 7.42. The normalized spacial score (nSPS) is 11.7. The average molecular weight is 337 g/mol. The van der Waals surface area contributed by atoms with Crippen molar-refractivity contribution in [2.75, 3.05) is 6.61 Å². The van der Waals surface area contributed by atoms with Crippen LogP contribution in [0.5, 0.6) is 5.75 Å². The lowest BCUT2D eigenvalue weighted by Crippen LogP contribution is -2.31. The van der Waals surface area contributed by atoms with Crippen LogP contribution in [-0.2, 0) is 6.54 Å². The van der Waals surface area contributed by atoms with E-state index >= 15 is 0 Å². The number of hydrogen-bond donors (Lipinski definition) is 1. The topological polar surface area (TPSA) is 106 Å². The fourth-order valence-electron chi connectivity index (χ4n) is 2.19. The van der Waals surface area contributed by atoms with Gasteiger partial charge in [0.05, 0.1) is 23.9 Å². The summed E-state index contributed by atoms with van der Waals surface area (Å²) in [6.07, 6.45) is -0.936. The van der Waals surface area contributed by atoms with Gasteiger partial charge in [0.1, 0.15) is 18.5 Å². The van der Waals surface area contributed by atoms with E-state index in [-0.39, 0.29) is 13.2 Å². The first-order valence-electron chi connectivity index (χ1n) is 7.56. The number of aromatic nitrogens is 4. The Morgan fingerprint density at radius 1 is 1.12 bits per heavy atom. The second-order valence-corrected chi connectivity index (χ2v) is 5.29. The fourth-order valence-corrected chi connectivity index (χ4v) is 2.19. The Labute approximate surface area is 143 Å². The molecule has 0 aliphatic carbocycles. The Morgan fingerprint density at radius 3 is 2.52 bits per heavy atom. The third kappa shape index (κ3) is 3.91. The number of aliphatic hydroxyl groups excluding tert-OH is 1. The molecule has 1 heterocycles. The van der Waals surface area contributed by atoms with Gasteiger partial charge in [-0.05, 0) is 46.8 Å². The maximum absolute atomic E-state index is 12.3. The average Bonchev–Trinajstić information content (AvgIpc) is 3.01. The van der Waals surface area contributed by atoms with Crippen molar-refractivity contribution in [1.29, 1.82) is 5.26 Å². The smallest absolute Gasteiger partial charge is 0.368 e. The van der Waals surface area contributed by atoms with E-state index in [9.17, 15) is 9.90 Å². The molecule has 0 aliphatic rings. The molecule has 126 valence electrons. The van der Waals surface area contributed by atoms with E-state index in [4.69, 9.17) is 10.00 Å². The van der Waals surface area contributed by atoms with Crippen LogP contribution >= 0.6 is 0 Å². The Bertz CT molecular complexity index is 925. The number of nitriles is 1. The molecule has 0 saturated heterocycles. The molecule has 8 nitrogen and oxygen atoms in total. The number of benzene rings is 2. The highest BCUT2D eigenvalue weighted by atomic mass is 16.5. The van der Waals surface area contributed by atoms with Crippen LogP contribution in [0.3, 0.4) is 0 Å². The zero-order valence-corrected chi connectivity index (χ0v) is 13.2. The number of para-hydroxylation sites is 1. The zero-order valence-electron chi connectivity index (χ0n) is 13.2. The minimum absolute atomic E-state index is 0.0173. The van der Waals surface area contributed by atoms with Crippen molar-refractivity contribution in [1.82, 2.24) is 19.8 Å². The molecule has 0 unspecified atom stereocenters. The summed E-state index contributed by atoms with van der Waals surface area (Å²) in [5.74, 6) is 0.526. The number of aliphatic hydroxyl groups is 1. The highest BCUT2D eigenvalue weighted by Gasteiger charge is 2.13. The van der Waals surface area contributed by atoms with Gasteiger partial charge < -0.3 is 9.84 Å². The maximum atomic E-state index is 12.3. The molecule has 3 rings (SSSR count). The van der Waals surface area contributed by atoms with E-state index in [1.54, 1.807) is 48.5 Å². The van der Waals surface area contributed by atoms with Gasteiger partial charge in [-0.1, -0.05) is 18.2 Å². The van der Waals surface area contributed by atoms with Gasteiger partial charge in [0, 0.05) is 0 Å². The molecule has 1 atom stereocenters. The Morgan fingerprint density at radius 2 is 1.84 bits per heavy atom. The minimum Gasteiger partial charge on any atom is -0.491 e. The highest BCUT2D eigenvalue weighted by Crippen LogP contribution is 2.11. The number of rotatable bonds is 6. The summed E-state index contributed by atoms with van der Waals surface area (Å²) in [5.41, 5.74) is 0.683. The van der Waals surface area contributed by atoms with E-state index in [1.165, 1.54) is 0 Å². The van der Waals surface area contributed by atoms with Crippen LogP contribution < -0.4 is 10.4 Å². The monoisotopic (exact) mass is 337 g/mol. The first-order chi connectivity index (χ1) is 12.2. The van der Waals surface area contributed by atoms with Crippen molar-refractivity contribution >= 4 is 0 Å². The molecule has 1 aromatic heterocycles. The number of hydrogen-bond acceptors (Lipinski definition) is 6. The predicted octanol–water partition coefficient (Wildman–Crippen LogP) is 0.741. The van der Waals surface area contributed by atoms with E-state index in [2.05, 4.69) is 10.4 Å². The van der Waals surface area contributed by atoms with Gasteiger partial charge in [-0.2, -0.15) is 14.6 Å². The molecule has 0 radical (unpaired) electrons. The lowest BCUT2D eigenvalue weighted by molar-refractivity contribution is 0.0879. The van der Waals surface area contributed by atoms with Crippen molar-refractivity contribution in [3.8, 4) is 17.5 Å². The molecule has 0 bridgehead atoms. The van der Waals surface area contributed by atoms with Crippen molar-refractivity contribution in [2.45, 2.75) is 12.6 Å². The van der Waals surface area contributed by atoms with Crippen LogP contribution in [0.1, 0.15) is 5.56 Å². The molecular weight excluding hydrogens is 322 g/mol. The molecule has 0 fully saturated rings. The van der Waals surface area contributed by atoms with Gasteiger partial charge in [0.15, 0.2) is 0 Å². The van der Waals surface area contributed by atoms with Gasteiger partial charge in [0.2, 0.25) is 0 Å². The standard InChI is InChI=1S/C17H15N5O3/c18-10-13-6-8-16(9-7-13)25-12-15(23)11-21-17(24)22(20-19-21)14-4-2-1-3-5-14/h1-9,15,23H,11-12H2/t15-/m0/s1. The van der Waals surface area contributed by atoms with Crippen LogP contribution in [-0.4, -0.2) is 37.6 Å². The molecule has 8 heteroatoms. The van der Waals surface area contributed by atoms with Crippen LogP contribution in [0, 0.1) is 11.3 Å². The van der Waals surface area contributed by atoms with Crippen LogP contribution in [0.4, 0.5) is 0 Å². The lowest BCUT2D eigenvalue weighted by Gasteiger charge is -2.11. The Hall–Kier alpha value is -3.44. The SMILES string of the molecule is N#Cc1ccc(OC[C@@H](O)Cn2nnn(-c3ccccc3)c2=O)cc1. The van der Waals surface area contributed by atoms with Crippen LogP contribution in [0.2, 0.25) is 0 Å². The van der Waals surface area contributed by atoms with Crippen molar-refractivity contribution in [2.24, 2.45) is 0 Å². The van der Waals surface area contributed by atoms with E-state index < -0.39 is 11.8 Å². The van der Waals surface area contributed by atoms with Crippen molar-refractivity contribution < 1.29 is 9.84 Å². The number of ether oxygens (including phenoxy) is 1. The highest BCUT2D eigenvalue weighted by molar-refractivity contribution is 5.34. The molecular formula is C17H15N5O3. The summed E-state index contributed by atoms with van der Waals surface area (Å²) < 4.78 is 7.69. The quantitative estimate of drug-likeness (QED) is 0.711. The van der Waals surface area contributed by atoms with Crippen LogP contribution in [0.15, 0.2) is 59.4 Å². The van der Waals surface area contributed by atoms with E-state index in [1.807, 2.05) is 12.1 Å². The first kappa shape index (κ1) is 16.4. The van der Waals surface area contributed by atoms with Gasteiger partial charge in [-0.15, -0.1) is 0 Å². The molecule has 25 heavy (non-hydrogen) atoms. The van der Waals surface area contributed by atoms with Crippen molar-refractivity contribution in [3.63, 3.8) is 0 Å². The molecule has 0 aliphatic heterocycles. The van der Waals surface area contributed by atoms with Crippen molar-refractivity contribution in [3.05, 3.63) is 70.6 Å². The number of nitrogens with zero attached hydrogens (tertiary/aromatic N) is 5. The summed E-state index contributed by atoms with van der Waals surface area (Å²) in [6, 6.07) is 17.4. The van der Waals surface area contributed by atoms with Gasteiger partial charge in [-0.3, -0.25) is 0 Å². The minimum atomic E-state index is -0.936. The van der Waals surface area contributed by atoms with Gasteiger partial charge in [-0.25, -0.2) is 4.79 Å².